The van der Waals surface area contributed by atoms with Crippen molar-refractivity contribution in [1.82, 2.24) is 9.78 Å². The molecule has 1 atom stereocenters. The van der Waals surface area contributed by atoms with Crippen LogP contribution in [0.25, 0.3) is 5.69 Å². The first kappa shape index (κ1) is 24.6. The Labute approximate surface area is 242 Å². The van der Waals surface area contributed by atoms with E-state index in [9.17, 15) is 0 Å². The van der Waals surface area contributed by atoms with Crippen LogP contribution >= 0.6 is 23.2 Å². The maximum Gasteiger partial charge on any atom is 0.179 e. The molecule has 0 bridgehead atoms. The molecule has 0 amide bonds. The van der Waals surface area contributed by atoms with E-state index in [0.717, 1.165) is 51.0 Å². The largest absolute Gasteiger partial charge is 0.337 e. The molecular formula is C32H24Cl2N6. The van der Waals surface area contributed by atoms with Crippen molar-refractivity contribution < 1.29 is 0 Å². The van der Waals surface area contributed by atoms with E-state index in [1.807, 2.05) is 90.5 Å². The first-order chi connectivity index (χ1) is 19.5. The van der Waals surface area contributed by atoms with Gasteiger partial charge in [0.1, 0.15) is 0 Å². The Morgan fingerprint density at radius 2 is 1.57 bits per heavy atom. The number of aryl methyl sites for hydroxylation is 2. The summed E-state index contributed by atoms with van der Waals surface area (Å²) in [4.78, 5) is 12.6. The number of fused-ring (bicyclic) bond motifs is 4. The van der Waals surface area contributed by atoms with Crippen molar-refractivity contribution in [2.24, 2.45) is 9.98 Å². The van der Waals surface area contributed by atoms with Gasteiger partial charge in [0.25, 0.3) is 0 Å². The zero-order valence-electron chi connectivity index (χ0n) is 21.8. The number of rotatable bonds is 3. The van der Waals surface area contributed by atoms with Crippen LogP contribution in [0, 0.1) is 13.8 Å². The van der Waals surface area contributed by atoms with E-state index in [1.54, 1.807) is 0 Å². The molecule has 0 unspecified atom stereocenters. The van der Waals surface area contributed by atoms with E-state index >= 15 is 0 Å². The van der Waals surface area contributed by atoms with Crippen molar-refractivity contribution in [3.63, 3.8) is 0 Å². The first-order valence-corrected chi connectivity index (χ1v) is 13.7. The third kappa shape index (κ3) is 4.08. The zero-order chi connectivity index (χ0) is 27.4. The lowest BCUT2D eigenvalue weighted by Crippen LogP contribution is -2.46. The Hall–Kier alpha value is -4.39. The van der Waals surface area contributed by atoms with Crippen molar-refractivity contribution in [2.75, 3.05) is 10.2 Å². The van der Waals surface area contributed by atoms with Gasteiger partial charge in [-0.15, -0.1) is 0 Å². The maximum atomic E-state index is 6.59. The number of amidine groups is 2. The normalized spacial score (nSPS) is 15.5. The van der Waals surface area contributed by atoms with Crippen molar-refractivity contribution >= 4 is 57.8 Å². The summed E-state index contributed by atoms with van der Waals surface area (Å²) in [6, 6.07) is 31.9. The van der Waals surface area contributed by atoms with Crippen molar-refractivity contribution in [3.05, 3.63) is 129 Å². The van der Waals surface area contributed by atoms with Crippen molar-refractivity contribution in [1.29, 1.82) is 0 Å². The van der Waals surface area contributed by atoms with Gasteiger partial charge in [-0.1, -0.05) is 71.7 Å². The molecule has 6 nitrogen and oxygen atoms in total. The maximum absolute atomic E-state index is 6.59. The van der Waals surface area contributed by atoms with Gasteiger partial charge in [-0.2, -0.15) is 5.10 Å². The highest BCUT2D eigenvalue weighted by Gasteiger charge is 2.41. The second kappa shape index (κ2) is 9.66. The van der Waals surface area contributed by atoms with Gasteiger partial charge in [-0.05, 0) is 73.5 Å². The van der Waals surface area contributed by atoms with Gasteiger partial charge in [0.2, 0.25) is 0 Å². The molecule has 0 aliphatic carbocycles. The molecule has 40 heavy (non-hydrogen) atoms. The standard InChI is InChI=1S/C32H24Cl2N6/c1-19-9-8-10-22(17-19)35-30-32-37-31-28(20(2)38-40(31)23-11-4-3-5-12-23)29(21-15-16-24(33)25(34)18-21)39(32)27-14-7-6-13-26(27)36-30/h3-18,29H,1-2H3,(H,35,36)/t29-/m0/s1. The fourth-order valence-electron chi connectivity index (χ4n) is 5.40. The smallest absolute Gasteiger partial charge is 0.179 e. The minimum Gasteiger partial charge on any atom is -0.337 e. The molecule has 2 aliphatic rings. The monoisotopic (exact) mass is 562 g/mol. The lowest BCUT2D eigenvalue weighted by Gasteiger charge is -2.40. The summed E-state index contributed by atoms with van der Waals surface area (Å²) >= 11 is 13.0. The fourth-order valence-corrected chi connectivity index (χ4v) is 5.71. The van der Waals surface area contributed by atoms with Gasteiger partial charge in [-0.3, -0.25) is 0 Å². The van der Waals surface area contributed by atoms with E-state index in [-0.39, 0.29) is 6.04 Å². The SMILES string of the molecule is Cc1cccc(NC2=Nc3ccccc3N3C2=Nc2c(c(C)nn2-c2ccccc2)[C@@H]3c2ccc(Cl)c(Cl)c2)c1. The van der Waals surface area contributed by atoms with Gasteiger partial charge in [-0.25, -0.2) is 14.7 Å². The topological polar surface area (TPSA) is 57.8 Å². The number of hydrogen-bond donors (Lipinski definition) is 1. The molecule has 3 heterocycles. The van der Waals surface area contributed by atoms with Crippen molar-refractivity contribution in [3.8, 4) is 5.69 Å². The summed E-state index contributed by atoms with van der Waals surface area (Å²) < 4.78 is 1.91. The minimum absolute atomic E-state index is 0.277. The lowest BCUT2D eigenvalue weighted by atomic mass is 9.93. The molecule has 0 saturated heterocycles. The van der Waals surface area contributed by atoms with Crippen LogP contribution in [0.3, 0.4) is 0 Å². The molecule has 0 fully saturated rings. The zero-order valence-corrected chi connectivity index (χ0v) is 23.3. The molecular weight excluding hydrogens is 539 g/mol. The molecule has 0 saturated carbocycles. The Bertz CT molecular complexity index is 1840. The Morgan fingerprint density at radius 1 is 0.775 bits per heavy atom. The molecule has 2 aliphatic heterocycles. The van der Waals surface area contributed by atoms with Crippen molar-refractivity contribution in [2.45, 2.75) is 19.9 Å². The number of hydrogen-bond acceptors (Lipinski definition) is 5. The third-order valence-electron chi connectivity index (χ3n) is 7.18. The van der Waals surface area contributed by atoms with E-state index in [1.165, 1.54) is 0 Å². The molecule has 1 aromatic heterocycles. The Kier molecular flexibility index (Phi) is 5.95. The number of nitrogens with one attached hydrogen (secondary N) is 1. The fraction of sp³-hybridized carbons (Fsp3) is 0.0938. The van der Waals surface area contributed by atoms with Gasteiger partial charge in [0, 0.05) is 11.3 Å². The summed E-state index contributed by atoms with van der Waals surface area (Å²) in [5, 5.41) is 9.53. The number of anilines is 2. The Balaban J connectivity index is 1.51. The van der Waals surface area contributed by atoms with E-state index < -0.39 is 0 Å². The van der Waals surface area contributed by atoms with Gasteiger partial charge in [0.15, 0.2) is 17.5 Å². The van der Waals surface area contributed by atoms with Gasteiger partial charge < -0.3 is 10.2 Å². The molecule has 0 spiro atoms. The van der Waals surface area contributed by atoms with Gasteiger partial charge >= 0.3 is 0 Å². The molecule has 8 heteroatoms. The number of aromatic nitrogens is 2. The number of aliphatic imine (C=N–C) groups is 2. The van der Waals surface area contributed by atoms with E-state index in [0.29, 0.717) is 21.7 Å². The quantitative estimate of drug-likeness (QED) is 0.239. The second-order valence-electron chi connectivity index (χ2n) is 9.90. The summed E-state index contributed by atoms with van der Waals surface area (Å²) in [6.45, 7) is 4.10. The van der Waals surface area contributed by atoms with Crippen LogP contribution in [0.4, 0.5) is 22.9 Å². The highest BCUT2D eigenvalue weighted by molar-refractivity contribution is 6.51. The molecule has 196 valence electrons. The highest BCUT2D eigenvalue weighted by Crippen LogP contribution is 2.48. The summed E-state index contributed by atoms with van der Waals surface area (Å²) in [5.41, 5.74) is 7.67. The average molecular weight is 563 g/mol. The van der Waals surface area contributed by atoms with Crippen LogP contribution in [0.5, 0.6) is 0 Å². The predicted octanol–water partition coefficient (Wildman–Crippen LogP) is 8.59. The predicted molar refractivity (Wildman–Crippen MR) is 165 cm³/mol. The number of halogens is 2. The van der Waals surface area contributed by atoms with Crippen LogP contribution in [0.2, 0.25) is 10.0 Å². The first-order valence-electron chi connectivity index (χ1n) is 13.0. The van der Waals surface area contributed by atoms with Crippen LogP contribution in [-0.4, -0.2) is 21.5 Å². The third-order valence-corrected chi connectivity index (χ3v) is 7.92. The van der Waals surface area contributed by atoms with E-state index in [2.05, 4.69) is 35.3 Å². The summed E-state index contributed by atoms with van der Waals surface area (Å²) in [7, 11) is 0. The highest BCUT2D eigenvalue weighted by atomic mass is 35.5. The number of benzene rings is 4. The second-order valence-corrected chi connectivity index (χ2v) is 10.7. The van der Waals surface area contributed by atoms with Crippen LogP contribution in [0.15, 0.2) is 107 Å². The molecule has 1 N–H and O–H groups in total. The minimum atomic E-state index is -0.277. The lowest BCUT2D eigenvalue weighted by molar-refractivity contribution is 0.815. The summed E-state index contributed by atoms with van der Waals surface area (Å²) in [5.74, 6) is 2.10. The molecule has 7 rings (SSSR count). The molecule has 4 aromatic carbocycles. The Morgan fingerprint density at radius 3 is 2.38 bits per heavy atom. The molecule has 0 radical (unpaired) electrons. The van der Waals surface area contributed by atoms with Crippen LogP contribution in [0.1, 0.15) is 28.4 Å². The van der Waals surface area contributed by atoms with E-state index in [4.69, 9.17) is 38.3 Å². The average Bonchev–Trinajstić information content (AvgIpc) is 3.30. The molecule has 5 aromatic rings. The summed E-state index contributed by atoms with van der Waals surface area (Å²) in [6.07, 6.45) is 0. The van der Waals surface area contributed by atoms with Crippen LogP contribution in [-0.2, 0) is 0 Å². The number of nitrogens with zero attached hydrogens (tertiary/aromatic N) is 5. The van der Waals surface area contributed by atoms with Crippen LogP contribution < -0.4 is 10.2 Å². The number of para-hydroxylation sites is 3. The van der Waals surface area contributed by atoms with Gasteiger partial charge in [0.05, 0.1) is 38.8 Å².